The van der Waals surface area contributed by atoms with Crippen LogP contribution in [0.2, 0.25) is 0 Å². The molecule has 0 aromatic heterocycles. The molecular weight excluding hydrogens is 276 g/mol. The maximum atomic E-state index is 10.9. The fraction of sp³-hybridized carbons (Fsp3) is 0.278. The summed E-state index contributed by atoms with van der Waals surface area (Å²) >= 11 is 0. The van der Waals surface area contributed by atoms with Crippen LogP contribution >= 0.6 is 0 Å². The van der Waals surface area contributed by atoms with E-state index in [4.69, 9.17) is 4.74 Å². The van der Waals surface area contributed by atoms with E-state index in [0.29, 0.717) is 6.47 Å². The largest absolute Gasteiger partial charge is 0.444 e. The lowest BCUT2D eigenvalue weighted by molar-refractivity contribution is -0.144. The van der Waals surface area contributed by atoms with Crippen molar-refractivity contribution in [2.45, 2.75) is 6.23 Å². The quantitative estimate of drug-likeness (QED) is 0.794. The monoisotopic (exact) mass is 296 g/mol. The van der Waals surface area contributed by atoms with E-state index >= 15 is 0 Å². The number of para-hydroxylation sites is 1. The summed E-state index contributed by atoms with van der Waals surface area (Å²) in [6.45, 7) is 4.12. The minimum Gasteiger partial charge on any atom is -0.444 e. The van der Waals surface area contributed by atoms with Crippen molar-refractivity contribution in [1.29, 1.82) is 0 Å². The third-order valence-electron chi connectivity index (χ3n) is 4.04. The number of rotatable bonds is 5. The van der Waals surface area contributed by atoms with Crippen LogP contribution in [0, 0.1) is 0 Å². The number of hydrogen-bond donors (Lipinski definition) is 0. The predicted molar refractivity (Wildman–Crippen MR) is 86.6 cm³/mol. The molecule has 3 rings (SSSR count). The molecule has 1 saturated heterocycles. The van der Waals surface area contributed by atoms with Gasteiger partial charge in [0.2, 0.25) is 0 Å². The Labute approximate surface area is 130 Å². The normalized spacial score (nSPS) is 17.0. The second kappa shape index (κ2) is 7.09. The fourth-order valence-electron chi connectivity index (χ4n) is 2.90. The highest BCUT2D eigenvalue weighted by Gasteiger charge is 2.26. The number of ether oxygens (including phenoxy) is 1. The molecule has 1 aliphatic rings. The zero-order chi connectivity index (χ0) is 15.2. The van der Waals surface area contributed by atoms with Crippen molar-refractivity contribution >= 4 is 12.2 Å². The van der Waals surface area contributed by atoms with Crippen molar-refractivity contribution < 1.29 is 9.53 Å². The van der Waals surface area contributed by atoms with Gasteiger partial charge in [0.15, 0.2) is 6.23 Å². The van der Waals surface area contributed by atoms with Gasteiger partial charge < -0.3 is 9.64 Å². The molecule has 2 aromatic carbocycles. The van der Waals surface area contributed by atoms with Gasteiger partial charge in [0.25, 0.3) is 6.47 Å². The Balaban J connectivity index is 1.67. The van der Waals surface area contributed by atoms with E-state index in [1.54, 1.807) is 0 Å². The summed E-state index contributed by atoms with van der Waals surface area (Å²) in [4.78, 5) is 15.4. The first-order chi connectivity index (χ1) is 10.9. The molecule has 1 aliphatic heterocycles. The van der Waals surface area contributed by atoms with E-state index in [1.165, 1.54) is 5.69 Å². The lowest BCUT2D eigenvalue weighted by Gasteiger charge is -2.39. The van der Waals surface area contributed by atoms with Crippen LogP contribution in [0.1, 0.15) is 11.8 Å². The molecule has 1 unspecified atom stereocenters. The van der Waals surface area contributed by atoms with Gasteiger partial charge in [-0.3, -0.25) is 9.69 Å². The van der Waals surface area contributed by atoms with Gasteiger partial charge >= 0.3 is 0 Å². The Morgan fingerprint density at radius 3 is 2.05 bits per heavy atom. The number of hydrogen-bond acceptors (Lipinski definition) is 4. The Bertz CT molecular complexity index is 581. The number of nitrogens with zero attached hydrogens (tertiary/aromatic N) is 2. The van der Waals surface area contributed by atoms with E-state index < -0.39 is 0 Å². The van der Waals surface area contributed by atoms with Gasteiger partial charge in [-0.2, -0.15) is 0 Å². The molecule has 0 N–H and O–H groups in total. The highest BCUT2D eigenvalue weighted by Crippen LogP contribution is 2.24. The first kappa shape index (κ1) is 14.6. The van der Waals surface area contributed by atoms with Crippen LogP contribution in [0.25, 0.3) is 0 Å². The van der Waals surface area contributed by atoms with Crippen LogP contribution < -0.4 is 4.90 Å². The number of carbonyl (C=O) groups excluding carboxylic acids is 1. The second-order valence-corrected chi connectivity index (χ2v) is 5.35. The fourth-order valence-corrected chi connectivity index (χ4v) is 2.90. The Hall–Kier alpha value is -2.33. The minimum absolute atomic E-state index is 0.295. The van der Waals surface area contributed by atoms with Gasteiger partial charge in [0.05, 0.1) is 0 Å². The van der Waals surface area contributed by atoms with Gasteiger partial charge in [0.1, 0.15) is 0 Å². The molecule has 22 heavy (non-hydrogen) atoms. The number of piperazine rings is 1. The number of benzene rings is 2. The summed E-state index contributed by atoms with van der Waals surface area (Å²) in [6.07, 6.45) is -0.295. The molecule has 4 heteroatoms. The first-order valence-corrected chi connectivity index (χ1v) is 7.56. The van der Waals surface area contributed by atoms with Crippen LogP contribution in [0.3, 0.4) is 0 Å². The zero-order valence-electron chi connectivity index (χ0n) is 12.5. The molecule has 0 aliphatic carbocycles. The van der Waals surface area contributed by atoms with Crippen molar-refractivity contribution in [1.82, 2.24) is 4.90 Å². The molecular formula is C18H20N2O2. The third-order valence-corrected chi connectivity index (χ3v) is 4.04. The standard InChI is InChI=1S/C18H20N2O2/c21-15-22-18(16-7-3-1-4-8-16)20-13-11-19(12-14-20)17-9-5-2-6-10-17/h1-10,15,18H,11-14H2. The topological polar surface area (TPSA) is 32.8 Å². The summed E-state index contributed by atoms with van der Waals surface area (Å²) in [5.74, 6) is 0. The smallest absolute Gasteiger partial charge is 0.294 e. The van der Waals surface area contributed by atoms with E-state index in [1.807, 2.05) is 36.4 Å². The average Bonchev–Trinajstić information content (AvgIpc) is 2.61. The highest BCUT2D eigenvalue weighted by molar-refractivity contribution is 5.46. The van der Waals surface area contributed by atoms with E-state index in [2.05, 4.69) is 34.1 Å². The van der Waals surface area contributed by atoms with Crippen LogP contribution in [0.4, 0.5) is 5.69 Å². The molecule has 1 atom stereocenters. The predicted octanol–water partition coefficient (Wildman–Crippen LogP) is 2.68. The summed E-state index contributed by atoms with van der Waals surface area (Å²) in [7, 11) is 0. The van der Waals surface area contributed by atoms with Crippen molar-refractivity contribution in [2.75, 3.05) is 31.1 Å². The molecule has 0 radical (unpaired) electrons. The summed E-state index contributed by atoms with van der Waals surface area (Å²) < 4.78 is 5.34. The summed E-state index contributed by atoms with van der Waals surface area (Å²) in [5, 5.41) is 0. The Morgan fingerprint density at radius 1 is 0.864 bits per heavy atom. The molecule has 0 saturated carbocycles. The van der Waals surface area contributed by atoms with E-state index in [9.17, 15) is 4.79 Å². The van der Waals surface area contributed by atoms with Crippen molar-refractivity contribution in [3.8, 4) is 0 Å². The molecule has 2 aromatic rings. The highest BCUT2D eigenvalue weighted by atomic mass is 16.5. The van der Waals surface area contributed by atoms with Gasteiger partial charge in [-0.05, 0) is 12.1 Å². The van der Waals surface area contributed by atoms with Crippen molar-refractivity contribution in [2.24, 2.45) is 0 Å². The number of anilines is 1. The number of carbonyl (C=O) groups is 1. The summed E-state index contributed by atoms with van der Waals surface area (Å²) in [6, 6.07) is 20.3. The van der Waals surface area contributed by atoms with E-state index in [-0.39, 0.29) is 6.23 Å². The van der Waals surface area contributed by atoms with Gasteiger partial charge in [0, 0.05) is 37.4 Å². The minimum atomic E-state index is -0.295. The van der Waals surface area contributed by atoms with Gasteiger partial charge in [-0.25, -0.2) is 0 Å². The van der Waals surface area contributed by atoms with Gasteiger partial charge in [-0.1, -0.05) is 48.5 Å². The van der Waals surface area contributed by atoms with Crippen LogP contribution in [0.15, 0.2) is 60.7 Å². The third kappa shape index (κ3) is 3.28. The maximum Gasteiger partial charge on any atom is 0.294 e. The molecule has 0 amide bonds. The van der Waals surface area contributed by atoms with Crippen molar-refractivity contribution in [3.63, 3.8) is 0 Å². The molecule has 1 fully saturated rings. The average molecular weight is 296 g/mol. The molecule has 0 bridgehead atoms. The first-order valence-electron chi connectivity index (χ1n) is 7.56. The molecule has 4 nitrogen and oxygen atoms in total. The lowest BCUT2D eigenvalue weighted by Crippen LogP contribution is -2.48. The lowest BCUT2D eigenvalue weighted by atomic mass is 10.1. The maximum absolute atomic E-state index is 10.9. The van der Waals surface area contributed by atoms with Crippen LogP contribution in [-0.2, 0) is 9.53 Å². The second-order valence-electron chi connectivity index (χ2n) is 5.35. The zero-order valence-corrected chi connectivity index (χ0v) is 12.5. The van der Waals surface area contributed by atoms with Crippen LogP contribution in [0.5, 0.6) is 0 Å². The Morgan fingerprint density at radius 2 is 1.45 bits per heavy atom. The molecule has 0 spiro atoms. The van der Waals surface area contributed by atoms with Crippen molar-refractivity contribution in [3.05, 3.63) is 66.2 Å². The van der Waals surface area contributed by atoms with E-state index in [0.717, 1.165) is 31.7 Å². The SMILES string of the molecule is O=COC(c1ccccc1)N1CCN(c2ccccc2)CC1. The van der Waals surface area contributed by atoms with Crippen LogP contribution in [-0.4, -0.2) is 37.6 Å². The summed E-state index contributed by atoms with van der Waals surface area (Å²) in [5.41, 5.74) is 2.26. The molecule has 1 heterocycles. The molecule has 114 valence electrons. The van der Waals surface area contributed by atoms with Gasteiger partial charge in [-0.15, -0.1) is 0 Å². The Kier molecular flexibility index (Phi) is 4.71.